The van der Waals surface area contributed by atoms with Gasteiger partial charge >= 0.3 is 11.9 Å². The molecule has 0 amide bonds. The molecule has 21 heavy (non-hydrogen) atoms. The van der Waals surface area contributed by atoms with Crippen LogP contribution in [0.5, 0.6) is 0 Å². The van der Waals surface area contributed by atoms with Crippen molar-refractivity contribution in [2.24, 2.45) is 0 Å². The standard InChI is InChI=1S/C15H17NO5/c1-9(2)13-11(14(17)18)6-7-16(13)8-10-4-5-12(21-10)15(19)20-3/h4-7,9H,8H2,1-3H3,(H,17,18). The Morgan fingerprint density at radius 3 is 2.62 bits per heavy atom. The molecule has 0 aliphatic heterocycles. The number of ether oxygens (including phenoxy) is 1. The molecule has 0 atom stereocenters. The van der Waals surface area contributed by atoms with Crippen LogP contribution in [0.1, 0.15) is 52.1 Å². The van der Waals surface area contributed by atoms with E-state index in [1.165, 1.54) is 13.2 Å². The van der Waals surface area contributed by atoms with Crippen molar-refractivity contribution in [1.29, 1.82) is 0 Å². The molecule has 6 nitrogen and oxygen atoms in total. The highest BCUT2D eigenvalue weighted by atomic mass is 16.5. The van der Waals surface area contributed by atoms with Crippen molar-refractivity contribution in [3.8, 4) is 0 Å². The van der Waals surface area contributed by atoms with E-state index in [9.17, 15) is 14.7 Å². The molecule has 0 bridgehead atoms. The number of carbonyl (C=O) groups is 2. The number of esters is 1. The van der Waals surface area contributed by atoms with Gasteiger partial charge in [-0.2, -0.15) is 0 Å². The Morgan fingerprint density at radius 2 is 2.05 bits per heavy atom. The molecule has 0 aliphatic rings. The van der Waals surface area contributed by atoms with Gasteiger partial charge in [0.15, 0.2) is 0 Å². The zero-order chi connectivity index (χ0) is 15.6. The minimum absolute atomic E-state index is 0.0566. The van der Waals surface area contributed by atoms with E-state index in [2.05, 4.69) is 4.74 Å². The summed E-state index contributed by atoms with van der Waals surface area (Å²) >= 11 is 0. The first kappa shape index (κ1) is 14.9. The zero-order valence-corrected chi connectivity index (χ0v) is 12.1. The molecular formula is C15H17NO5. The largest absolute Gasteiger partial charge is 0.478 e. The van der Waals surface area contributed by atoms with Crippen molar-refractivity contribution in [2.75, 3.05) is 7.11 Å². The summed E-state index contributed by atoms with van der Waals surface area (Å²) in [7, 11) is 1.28. The van der Waals surface area contributed by atoms with E-state index in [1.54, 1.807) is 18.3 Å². The fourth-order valence-electron chi connectivity index (χ4n) is 2.29. The van der Waals surface area contributed by atoms with E-state index < -0.39 is 11.9 Å². The Hall–Kier alpha value is -2.50. The Morgan fingerprint density at radius 1 is 1.33 bits per heavy atom. The molecular weight excluding hydrogens is 274 g/mol. The molecule has 2 aromatic heterocycles. The number of carbonyl (C=O) groups excluding carboxylic acids is 1. The van der Waals surface area contributed by atoms with Crippen LogP contribution >= 0.6 is 0 Å². The predicted octanol–water partition coefficient (Wildman–Crippen LogP) is 2.74. The molecule has 2 rings (SSSR count). The average molecular weight is 291 g/mol. The lowest BCUT2D eigenvalue weighted by Gasteiger charge is -2.12. The van der Waals surface area contributed by atoms with Crippen LogP contribution in [0, 0.1) is 0 Å². The topological polar surface area (TPSA) is 81.7 Å². The van der Waals surface area contributed by atoms with Crippen LogP contribution in [0.3, 0.4) is 0 Å². The molecule has 0 fully saturated rings. The molecule has 0 saturated heterocycles. The Balaban J connectivity index is 2.29. The summed E-state index contributed by atoms with van der Waals surface area (Å²) in [4.78, 5) is 22.6. The van der Waals surface area contributed by atoms with Crippen molar-refractivity contribution in [1.82, 2.24) is 4.57 Å². The third kappa shape index (κ3) is 2.99. The number of furan rings is 1. The predicted molar refractivity (Wildman–Crippen MR) is 74.6 cm³/mol. The van der Waals surface area contributed by atoms with Gasteiger partial charge in [0.25, 0.3) is 0 Å². The number of carboxylic acids is 1. The van der Waals surface area contributed by atoms with Gasteiger partial charge in [-0.15, -0.1) is 0 Å². The molecule has 6 heteroatoms. The van der Waals surface area contributed by atoms with E-state index in [-0.39, 0.29) is 17.2 Å². The van der Waals surface area contributed by atoms with Gasteiger partial charge < -0.3 is 18.8 Å². The van der Waals surface area contributed by atoms with Crippen LogP contribution in [-0.2, 0) is 11.3 Å². The first-order valence-electron chi connectivity index (χ1n) is 6.53. The summed E-state index contributed by atoms with van der Waals surface area (Å²) in [6, 6.07) is 4.79. The smallest absolute Gasteiger partial charge is 0.373 e. The third-order valence-corrected chi connectivity index (χ3v) is 3.16. The normalized spacial score (nSPS) is 10.9. The van der Waals surface area contributed by atoms with Crippen molar-refractivity contribution in [3.63, 3.8) is 0 Å². The molecule has 2 heterocycles. The fraction of sp³-hybridized carbons (Fsp3) is 0.333. The molecule has 0 radical (unpaired) electrons. The van der Waals surface area contributed by atoms with Crippen molar-refractivity contribution in [3.05, 3.63) is 47.2 Å². The van der Waals surface area contributed by atoms with Crippen LogP contribution in [0.15, 0.2) is 28.8 Å². The average Bonchev–Trinajstić information content (AvgIpc) is 3.05. The van der Waals surface area contributed by atoms with E-state index >= 15 is 0 Å². The number of carboxylic acid groups (broad SMARTS) is 1. The summed E-state index contributed by atoms with van der Waals surface area (Å²) in [6.45, 7) is 4.22. The second-order valence-corrected chi connectivity index (χ2v) is 4.96. The number of hydrogen-bond acceptors (Lipinski definition) is 4. The number of aromatic carboxylic acids is 1. The Bertz CT molecular complexity index is 665. The first-order chi connectivity index (χ1) is 9.93. The lowest BCUT2D eigenvalue weighted by Crippen LogP contribution is -2.09. The third-order valence-electron chi connectivity index (χ3n) is 3.16. The van der Waals surface area contributed by atoms with Gasteiger partial charge in [-0.3, -0.25) is 0 Å². The fourth-order valence-corrected chi connectivity index (χ4v) is 2.29. The van der Waals surface area contributed by atoms with Gasteiger partial charge in [0.2, 0.25) is 5.76 Å². The minimum Gasteiger partial charge on any atom is -0.478 e. The summed E-state index contributed by atoms with van der Waals surface area (Å²) in [5, 5.41) is 9.20. The van der Waals surface area contributed by atoms with Gasteiger partial charge in [-0.1, -0.05) is 13.8 Å². The maximum atomic E-state index is 11.3. The van der Waals surface area contributed by atoms with Crippen LogP contribution in [0.2, 0.25) is 0 Å². The zero-order valence-electron chi connectivity index (χ0n) is 12.1. The maximum absolute atomic E-state index is 11.3. The van der Waals surface area contributed by atoms with E-state index in [0.29, 0.717) is 12.3 Å². The molecule has 0 aromatic carbocycles. The number of nitrogens with zero attached hydrogens (tertiary/aromatic N) is 1. The van der Waals surface area contributed by atoms with Gasteiger partial charge in [-0.25, -0.2) is 9.59 Å². The maximum Gasteiger partial charge on any atom is 0.373 e. The number of rotatable bonds is 5. The summed E-state index contributed by atoms with van der Waals surface area (Å²) in [6.07, 6.45) is 1.71. The van der Waals surface area contributed by atoms with Crippen molar-refractivity contribution < 1.29 is 23.8 Å². The quantitative estimate of drug-likeness (QED) is 0.856. The number of aromatic nitrogens is 1. The highest BCUT2D eigenvalue weighted by Crippen LogP contribution is 2.23. The Kier molecular flexibility index (Phi) is 4.16. The van der Waals surface area contributed by atoms with E-state index in [0.717, 1.165) is 5.69 Å². The van der Waals surface area contributed by atoms with E-state index in [4.69, 9.17) is 4.42 Å². The number of methoxy groups -OCH3 is 1. The van der Waals surface area contributed by atoms with Gasteiger partial charge in [-0.05, 0) is 24.1 Å². The Labute approximate surface area is 121 Å². The second-order valence-electron chi connectivity index (χ2n) is 4.96. The van der Waals surface area contributed by atoms with E-state index in [1.807, 2.05) is 18.4 Å². The summed E-state index contributed by atoms with van der Waals surface area (Å²) in [5.74, 6) is -0.744. The molecule has 0 aliphatic carbocycles. The first-order valence-corrected chi connectivity index (χ1v) is 6.53. The van der Waals surface area contributed by atoms with Crippen molar-refractivity contribution in [2.45, 2.75) is 26.3 Å². The number of hydrogen-bond donors (Lipinski definition) is 1. The lowest BCUT2D eigenvalue weighted by atomic mass is 10.1. The molecule has 1 N–H and O–H groups in total. The van der Waals surface area contributed by atoms with Crippen LogP contribution in [-0.4, -0.2) is 28.7 Å². The molecule has 0 unspecified atom stereocenters. The lowest BCUT2D eigenvalue weighted by molar-refractivity contribution is 0.0562. The summed E-state index contributed by atoms with van der Waals surface area (Å²) in [5.41, 5.74) is 1.00. The highest BCUT2D eigenvalue weighted by molar-refractivity contribution is 5.89. The SMILES string of the molecule is COC(=O)c1ccc(Cn2ccc(C(=O)O)c2C(C)C)o1. The second kappa shape index (κ2) is 5.87. The van der Waals surface area contributed by atoms with Crippen LogP contribution < -0.4 is 0 Å². The minimum atomic E-state index is -0.952. The van der Waals surface area contributed by atoms with Gasteiger partial charge in [0.05, 0.1) is 19.2 Å². The molecule has 0 saturated carbocycles. The monoisotopic (exact) mass is 291 g/mol. The summed E-state index contributed by atoms with van der Waals surface area (Å²) < 4.78 is 11.8. The molecule has 2 aromatic rings. The van der Waals surface area contributed by atoms with Crippen molar-refractivity contribution >= 4 is 11.9 Å². The molecule has 112 valence electrons. The molecule has 0 spiro atoms. The van der Waals surface area contributed by atoms with Gasteiger partial charge in [0.1, 0.15) is 5.76 Å². The van der Waals surface area contributed by atoms with Crippen LogP contribution in [0.25, 0.3) is 0 Å². The van der Waals surface area contributed by atoms with Gasteiger partial charge in [0, 0.05) is 11.9 Å². The highest BCUT2D eigenvalue weighted by Gasteiger charge is 2.19. The van der Waals surface area contributed by atoms with Crippen LogP contribution in [0.4, 0.5) is 0 Å².